The molecule has 0 heterocycles. The van der Waals surface area contributed by atoms with Gasteiger partial charge in [-0.25, -0.2) is 0 Å². The zero-order valence-electron chi connectivity index (χ0n) is 27.8. The van der Waals surface area contributed by atoms with Crippen molar-refractivity contribution in [3.8, 4) is 0 Å². The molecule has 0 radical (unpaired) electrons. The molecule has 8 aliphatic carbocycles. The van der Waals surface area contributed by atoms with Crippen molar-refractivity contribution in [3.63, 3.8) is 0 Å². The molecule has 0 aromatic heterocycles. The van der Waals surface area contributed by atoms with Gasteiger partial charge in [0.2, 0.25) is 0 Å². The number of carbonyl (C=O) groups excluding carboxylic acids is 3. The number of hydrogen-bond donors (Lipinski definition) is 3. The number of carbonyl (C=O) groups is 3. The largest absolute Gasteiger partial charge is 0.460 e. The van der Waals surface area contributed by atoms with E-state index >= 15 is 0 Å². The van der Waals surface area contributed by atoms with Crippen LogP contribution >= 0.6 is 0 Å². The van der Waals surface area contributed by atoms with Crippen molar-refractivity contribution in [2.24, 2.45) is 28.1 Å². The molecule has 8 aliphatic rings. The lowest BCUT2D eigenvalue weighted by Gasteiger charge is -2.63. The summed E-state index contributed by atoms with van der Waals surface area (Å²) in [6.07, 6.45) is 6.27. The molecular weight excluding hydrogens is 564 g/mol. The third-order valence-corrected chi connectivity index (χ3v) is 12.1. The number of hydrogen-bond acceptors (Lipinski definition) is 9. The van der Waals surface area contributed by atoms with Crippen LogP contribution in [0.5, 0.6) is 0 Å². The van der Waals surface area contributed by atoms with Crippen LogP contribution in [0.4, 0.5) is 0 Å². The van der Waals surface area contributed by atoms with Crippen LogP contribution in [0.15, 0.2) is 0 Å². The minimum absolute atomic E-state index is 0.0563. The highest BCUT2D eigenvalue weighted by molar-refractivity contribution is 5.82. The van der Waals surface area contributed by atoms with Crippen molar-refractivity contribution < 1.29 is 43.9 Å². The number of ether oxygens (including phenoxy) is 3. The van der Waals surface area contributed by atoms with Crippen molar-refractivity contribution in [2.75, 3.05) is 0 Å². The first kappa shape index (κ1) is 32.2. The fourth-order valence-electron chi connectivity index (χ4n) is 11.4. The molecule has 0 spiro atoms. The Labute approximate surface area is 261 Å². The molecule has 9 nitrogen and oxygen atoms in total. The number of esters is 3. The third kappa shape index (κ3) is 5.51. The summed E-state index contributed by atoms with van der Waals surface area (Å²) in [5.74, 6) is -1.02. The zero-order valence-corrected chi connectivity index (χ0v) is 27.8. The smallest absolute Gasteiger partial charge is 0.312 e. The minimum atomic E-state index is -1.09. The molecule has 9 heteroatoms. The van der Waals surface area contributed by atoms with Crippen molar-refractivity contribution in [1.29, 1.82) is 0 Å². The predicted molar refractivity (Wildman–Crippen MR) is 160 cm³/mol. The Bertz CT molecular complexity index is 1230. The second kappa shape index (κ2) is 9.43. The first-order valence-electron chi connectivity index (χ1n) is 16.8. The van der Waals surface area contributed by atoms with Crippen LogP contribution in [-0.2, 0) is 28.6 Å². The predicted octanol–water partition coefficient (Wildman–Crippen LogP) is 4.90. The van der Waals surface area contributed by atoms with Gasteiger partial charge in [0.25, 0.3) is 0 Å². The van der Waals surface area contributed by atoms with Gasteiger partial charge in [-0.1, -0.05) is 6.92 Å². The summed E-state index contributed by atoms with van der Waals surface area (Å²) in [5.41, 5.74) is -8.61. The quantitative estimate of drug-likeness (QED) is 0.256. The molecule has 8 bridgehead atoms. The maximum absolute atomic E-state index is 14.1. The van der Waals surface area contributed by atoms with Crippen LogP contribution in [0.2, 0.25) is 0 Å². The molecule has 7 atom stereocenters. The van der Waals surface area contributed by atoms with Crippen molar-refractivity contribution in [1.82, 2.24) is 0 Å². The monoisotopic (exact) mass is 618 g/mol. The molecule has 0 aliphatic heterocycles. The second-order valence-corrected chi connectivity index (χ2v) is 18.6. The molecule has 8 fully saturated rings. The summed E-state index contributed by atoms with van der Waals surface area (Å²) < 4.78 is 18.5. The Balaban J connectivity index is 1.18. The van der Waals surface area contributed by atoms with Crippen LogP contribution < -0.4 is 0 Å². The highest BCUT2D eigenvalue weighted by Gasteiger charge is 2.69. The van der Waals surface area contributed by atoms with E-state index in [0.717, 1.165) is 0 Å². The number of rotatable bonds is 8. The van der Waals surface area contributed by atoms with Crippen LogP contribution in [0.3, 0.4) is 0 Å². The molecule has 44 heavy (non-hydrogen) atoms. The summed E-state index contributed by atoms with van der Waals surface area (Å²) in [4.78, 5) is 41.5. The Kier molecular flexibility index (Phi) is 6.91. The normalized spacial score (nSPS) is 45.1. The van der Waals surface area contributed by atoms with Gasteiger partial charge in [-0.2, -0.15) is 0 Å². The van der Waals surface area contributed by atoms with E-state index in [1.54, 1.807) is 13.8 Å². The van der Waals surface area contributed by atoms with E-state index in [-0.39, 0.29) is 24.2 Å². The van der Waals surface area contributed by atoms with Crippen molar-refractivity contribution in [2.45, 2.75) is 172 Å². The fraction of sp³-hybridized carbons (Fsp3) is 0.914. The first-order valence-corrected chi connectivity index (χ1v) is 16.8. The standard InChI is InChI=1S/C35H54O9/c1-8-29(7,15-28(5,6)24(36)43-35-14-23-11-32(40,20-35)18-33(41,12-23)21-35)25(37)44-34-13-22-9-30(17-34,16-31(39,10-22)19-34)26(38)42-27(2,3)4/h22-23,39-41H,8-21H2,1-7H3. The molecule has 7 unspecified atom stereocenters. The molecule has 8 saturated carbocycles. The average Bonchev–Trinajstić information content (AvgIpc) is 2.78. The summed E-state index contributed by atoms with van der Waals surface area (Å²) in [6, 6.07) is 0. The Morgan fingerprint density at radius 1 is 0.659 bits per heavy atom. The molecule has 248 valence electrons. The maximum Gasteiger partial charge on any atom is 0.312 e. The highest BCUT2D eigenvalue weighted by atomic mass is 16.6. The molecule has 3 N–H and O–H groups in total. The van der Waals surface area contributed by atoms with E-state index in [2.05, 4.69) is 0 Å². The Morgan fingerprint density at radius 3 is 1.61 bits per heavy atom. The Morgan fingerprint density at radius 2 is 1.14 bits per heavy atom. The van der Waals surface area contributed by atoms with E-state index in [4.69, 9.17) is 14.2 Å². The SMILES string of the molecule is CCC(C)(CC(C)(C)C(=O)OC12CC3CC(O)(CC(O)(C3)C1)C2)C(=O)OC12CC3CC(O)(C1)CC(C(=O)OC(C)(C)C)(C3)C2. The van der Waals surface area contributed by atoms with Crippen molar-refractivity contribution >= 4 is 17.9 Å². The maximum atomic E-state index is 14.1. The lowest BCUT2D eigenvalue weighted by Crippen LogP contribution is -2.67. The Hall–Kier alpha value is -1.71. The highest BCUT2D eigenvalue weighted by Crippen LogP contribution is 2.65. The van der Waals surface area contributed by atoms with Crippen LogP contribution in [0.1, 0.15) is 138 Å². The molecule has 0 aromatic rings. The second-order valence-electron chi connectivity index (χ2n) is 18.6. The van der Waals surface area contributed by atoms with Gasteiger partial charge >= 0.3 is 17.9 Å². The summed E-state index contributed by atoms with van der Waals surface area (Å²) in [7, 11) is 0. The molecular formula is C35H54O9. The van der Waals surface area contributed by atoms with Crippen LogP contribution in [0.25, 0.3) is 0 Å². The van der Waals surface area contributed by atoms with Crippen molar-refractivity contribution in [3.05, 3.63) is 0 Å². The van der Waals surface area contributed by atoms with Gasteiger partial charge in [0.05, 0.1) is 33.0 Å². The van der Waals surface area contributed by atoms with Gasteiger partial charge in [0.1, 0.15) is 16.8 Å². The summed E-state index contributed by atoms with van der Waals surface area (Å²) in [5, 5.41) is 33.9. The van der Waals surface area contributed by atoms with Crippen LogP contribution in [0, 0.1) is 28.1 Å². The summed E-state index contributed by atoms with van der Waals surface area (Å²) >= 11 is 0. The van der Waals surface area contributed by atoms with E-state index in [9.17, 15) is 29.7 Å². The molecule has 0 amide bonds. The molecule has 0 saturated heterocycles. The molecule has 0 aromatic carbocycles. The van der Waals surface area contributed by atoms with E-state index in [1.165, 1.54) is 0 Å². The minimum Gasteiger partial charge on any atom is -0.460 e. The van der Waals surface area contributed by atoms with Gasteiger partial charge in [0, 0.05) is 32.1 Å². The fourth-order valence-corrected chi connectivity index (χ4v) is 11.4. The lowest BCUT2D eigenvalue weighted by molar-refractivity contribution is -0.264. The van der Waals surface area contributed by atoms with E-state index in [1.807, 2.05) is 34.6 Å². The van der Waals surface area contributed by atoms with Gasteiger partial charge < -0.3 is 29.5 Å². The van der Waals surface area contributed by atoms with Gasteiger partial charge in [0.15, 0.2) is 0 Å². The van der Waals surface area contributed by atoms with Gasteiger partial charge in [-0.15, -0.1) is 0 Å². The lowest BCUT2D eigenvalue weighted by atomic mass is 9.46. The average molecular weight is 619 g/mol. The summed E-state index contributed by atoms with van der Waals surface area (Å²) in [6.45, 7) is 12.8. The van der Waals surface area contributed by atoms with Gasteiger partial charge in [-0.3, -0.25) is 14.4 Å². The zero-order chi connectivity index (χ0) is 32.4. The first-order chi connectivity index (χ1) is 20.0. The molecule has 8 rings (SSSR count). The number of aliphatic hydroxyl groups is 3. The van der Waals surface area contributed by atoms with Gasteiger partial charge in [-0.05, 0) is 111 Å². The third-order valence-electron chi connectivity index (χ3n) is 12.1. The van der Waals surface area contributed by atoms with E-state index < -0.39 is 61.8 Å². The van der Waals surface area contributed by atoms with Crippen LogP contribution in [-0.4, -0.2) is 66.8 Å². The van der Waals surface area contributed by atoms with E-state index in [0.29, 0.717) is 83.5 Å². The topological polar surface area (TPSA) is 140 Å².